The van der Waals surface area contributed by atoms with E-state index in [9.17, 15) is 0 Å². The van der Waals surface area contributed by atoms with E-state index in [2.05, 4.69) is 57.6 Å². The first-order valence-corrected chi connectivity index (χ1v) is 7.54. The summed E-state index contributed by atoms with van der Waals surface area (Å²) in [5, 5.41) is 1.12. The predicted molar refractivity (Wildman–Crippen MR) is 85.7 cm³/mol. The molecule has 5 heteroatoms. The number of hydrogen-bond acceptors (Lipinski definition) is 3. The quantitative estimate of drug-likeness (QED) is 0.863. The molecule has 0 bridgehead atoms. The van der Waals surface area contributed by atoms with Crippen LogP contribution in [0.3, 0.4) is 0 Å². The fourth-order valence-electron chi connectivity index (χ4n) is 3.02. The highest BCUT2D eigenvalue weighted by Gasteiger charge is 2.56. The number of aromatic nitrogens is 2. The van der Waals surface area contributed by atoms with Gasteiger partial charge in [-0.1, -0.05) is 13.8 Å². The summed E-state index contributed by atoms with van der Waals surface area (Å²) in [4.78, 5) is 7.64. The number of hydrogen-bond donors (Lipinski definition) is 1. The highest BCUT2D eigenvalue weighted by Crippen LogP contribution is 2.42. The summed E-state index contributed by atoms with van der Waals surface area (Å²) in [6.07, 6.45) is 3.81. The molecule has 1 unspecified atom stereocenters. The first-order valence-electron chi connectivity index (χ1n) is 7.54. The predicted octanol–water partition coefficient (Wildman–Crippen LogP) is 2.81. The lowest BCUT2D eigenvalue weighted by molar-refractivity contribution is -0.0435. The van der Waals surface area contributed by atoms with Crippen molar-refractivity contribution in [2.45, 2.75) is 52.7 Å². The molecule has 4 nitrogen and oxygen atoms in total. The Balaban J connectivity index is 1.99. The van der Waals surface area contributed by atoms with Gasteiger partial charge in [0.25, 0.3) is 0 Å². The van der Waals surface area contributed by atoms with Crippen LogP contribution in [0.4, 0.5) is 0 Å². The lowest BCUT2D eigenvalue weighted by Crippen LogP contribution is -2.48. The van der Waals surface area contributed by atoms with Crippen molar-refractivity contribution < 1.29 is 9.31 Å². The van der Waals surface area contributed by atoms with Crippen LogP contribution in [0.1, 0.15) is 40.2 Å². The van der Waals surface area contributed by atoms with E-state index in [4.69, 9.17) is 9.31 Å². The van der Waals surface area contributed by atoms with Crippen LogP contribution in [-0.2, 0) is 9.31 Å². The van der Waals surface area contributed by atoms with Crippen LogP contribution in [-0.4, -0.2) is 28.3 Å². The number of nitrogens with zero attached hydrogens (tertiary/aromatic N) is 1. The summed E-state index contributed by atoms with van der Waals surface area (Å²) in [7, 11) is -0.362. The molecular formula is C16H23BN2O2. The van der Waals surface area contributed by atoms with Gasteiger partial charge < -0.3 is 14.3 Å². The third-order valence-corrected chi connectivity index (χ3v) is 5.08. The minimum atomic E-state index is -0.362. The van der Waals surface area contributed by atoms with E-state index in [-0.39, 0.29) is 18.3 Å². The molecule has 0 aromatic carbocycles. The minimum absolute atomic E-state index is 0.320. The van der Waals surface area contributed by atoms with Crippen LogP contribution in [0.25, 0.3) is 11.0 Å². The van der Waals surface area contributed by atoms with E-state index in [1.807, 2.05) is 12.4 Å². The Kier molecular flexibility index (Phi) is 3.19. The Morgan fingerprint density at radius 3 is 2.57 bits per heavy atom. The van der Waals surface area contributed by atoms with Crippen LogP contribution in [0.2, 0.25) is 0 Å². The lowest BCUT2D eigenvalue weighted by Gasteiger charge is -2.39. The Morgan fingerprint density at radius 1 is 1.24 bits per heavy atom. The van der Waals surface area contributed by atoms with Crippen molar-refractivity contribution in [1.29, 1.82) is 0 Å². The van der Waals surface area contributed by atoms with Gasteiger partial charge in [0.05, 0.1) is 11.2 Å². The second-order valence-electron chi connectivity index (χ2n) is 6.98. The third kappa shape index (κ3) is 2.10. The molecule has 0 amide bonds. The number of pyridine rings is 1. The summed E-state index contributed by atoms with van der Waals surface area (Å²) in [6, 6.07) is 2.11. The molecule has 1 atom stereocenters. The second kappa shape index (κ2) is 4.58. The zero-order valence-corrected chi connectivity index (χ0v) is 13.7. The van der Waals surface area contributed by atoms with Crippen molar-refractivity contribution in [3.8, 4) is 0 Å². The first-order chi connectivity index (χ1) is 9.74. The molecule has 1 saturated heterocycles. The summed E-state index contributed by atoms with van der Waals surface area (Å²) in [5.41, 5.74) is 2.40. The molecular weight excluding hydrogens is 263 g/mol. The summed E-state index contributed by atoms with van der Waals surface area (Å²) >= 11 is 0. The van der Waals surface area contributed by atoms with Crippen LogP contribution >= 0.6 is 0 Å². The van der Waals surface area contributed by atoms with Gasteiger partial charge in [0.1, 0.15) is 5.65 Å². The van der Waals surface area contributed by atoms with Gasteiger partial charge in [0.2, 0.25) is 0 Å². The van der Waals surface area contributed by atoms with Gasteiger partial charge in [-0.25, -0.2) is 4.98 Å². The van der Waals surface area contributed by atoms with Crippen LogP contribution in [0, 0.1) is 12.8 Å². The van der Waals surface area contributed by atoms with Gasteiger partial charge in [0, 0.05) is 23.2 Å². The van der Waals surface area contributed by atoms with Crippen LogP contribution < -0.4 is 5.46 Å². The van der Waals surface area contributed by atoms with Gasteiger partial charge in [-0.3, -0.25) is 0 Å². The van der Waals surface area contributed by atoms with Crippen LogP contribution in [0.5, 0.6) is 0 Å². The lowest BCUT2D eigenvalue weighted by atomic mass is 9.78. The van der Waals surface area contributed by atoms with Crippen molar-refractivity contribution in [1.82, 2.24) is 9.97 Å². The Bertz CT molecular complexity index is 680. The normalized spacial score (nSPS) is 25.2. The molecule has 2 aromatic rings. The largest absolute Gasteiger partial charge is 0.496 e. The molecule has 1 fully saturated rings. The fraction of sp³-hybridized carbons (Fsp3) is 0.562. The number of rotatable bonds is 2. The Labute approximate surface area is 126 Å². The second-order valence-corrected chi connectivity index (χ2v) is 6.98. The topological polar surface area (TPSA) is 47.1 Å². The molecule has 1 N–H and O–H groups in total. The zero-order valence-electron chi connectivity index (χ0n) is 13.7. The number of nitrogens with one attached hydrogen (secondary N) is 1. The number of aromatic amines is 1. The van der Waals surface area contributed by atoms with Crippen molar-refractivity contribution in [3.63, 3.8) is 0 Å². The SMILES string of the molecule is Cc1c[nH]c2ncc(B3OC(C)(C)C(C)(C(C)C)O3)cc12. The van der Waals surface area contributed by atoms with Crippen molar-refractivity contribution in [3.05, 3.63) is 24.0 Å². The standard InChI is InChI=1S/C16H23BN2O2/c1-10(2)16(6)15(4,5)20-17(21-16)12-7-13-11(3)8-18-14(13)19-9-12/h7-10H,1-6H3,(H,18,19). The average Bonchev–Trinajstić information content (AvgIpc) is 2.89. The molecule has 0 radical (unpaired) electrons. The van der Waals surface area contributed by atoms with Gasteiger partial charge in [-0.05, 0) is 45.2 Å². The summed E-state index contributed by atoms with van der Waals surface area (Å²) < 4.78 is 12.5. The van der Waals surface area contributed by atoms with E-state index in [0.29, 0.717) is 5.92 Å². The highest BCUT2D eigenvalue weighted by molar-refractivity contribution is 6.62. The minimum Gasteiger partial charge on any atom is -0.399 e. The van der Waals surface area contributed by atoms with Crippen molar-refractivity contribution in [2.24, 2.45) is 5.92 Å². The maximum absolute atomic E-state index is 6.30. The molecule has 21 heavy (non-hydrogen) atoms. The molecule has 2 aromatic heterocycles. The Morgan fingerprint density at radius 2 is 1.95 bits per heavy atom. The molecule has 3 heterocycles. The van der Waals surface area contributed by atoms with E-state index >= 15 is 0 Å². The molecule has 112 valence electrons. The molecule has 0 saturated carbocycles. The first kappa shape index (κ1) is 14.6. The molecule has 0 aliphatic carbocycles. The van der Waals surface area contributed by atoms with Gasteiger partial charge in [-0.2, -0.15) is 0 Å². The monoisotopic (exact) mass is 286 g/mol. The maximum Gasteiger partial charge on any atom is 0.496 e. The third-order valence-electron chi connectivity index (χ3n) is 5.08. The zero-order chi connectivity index (χ0) is 15.4. The van der Waals surface area contributed by atoms with Gasteiger partial charge in [-0.15, -0.1) is 0 Å². The number of H-pyrrole nitrogens is 1. The highest BCUT2D eigenvalue weighted by atomic mass is 16.7. The molecule has 1 aliphatic heterocycles. The molecule has 0 spiro atoms. The van der Waals surface area contributed by atoms with Crippen LogP contribution in [0.15, 0.2) is 18.5 Å². The van der Waals surface area contributed by atoms with E-state index < -0.39 is 0 Å². The Hall–Kier alpha value is -1.33. The van der Waals surface area contributed by atoms with Gasteiger partial charge >= 0.3 is 7.12 Å². The maximum atomic E-state index is 6.30. The van der Waals surface area contributed by atoms with Crippen molar-refractivity contribution >= 4 is 23.6 Å². The van der Waals surface area contributed by atoms with Gasteiger partial charge in [0.15, 0.2) is 0 Å². The number of fused-ring (bicyclic) bond motifs is 1. The summed E-state index contributed by atoms with van der Waals surface area (Å²) in [6.45, 7) is 12.7. The number of aryl methyl sites for hydroxylation is 1. The molecule has 1 aliphatic rings. The van der Waals surface area contributed by atoms with E-state index in [1.165, 1.54) is 5.56 Å². The average molecular weight is 286 g/mol. The van der Waals surface area contributed by atoms with E-state index in [1.54, 1.807) is 0 Å². The fourth-order valence-corrected chi connectivity index (χ4v) is 3.02. The van der Waals surface area contributed by atoms with Crippen molar-refractivity contribution in [2.75, 3.05) is 0 Å². The summed E-state index contributed by atoms with van der Waals surface area (Å²) in [5.74, 6) is 0.364. The molecule has 3 rings (SSSR count). The smallest absolute Gasteiger partial charge is 0.399 e. The van der Waals surface area contributed by atoms with E-state index in [0.717, 1.165) is 16.5 Å².